The Labute approximate surface area is 124 Å². The molecule has 0 aliphatic carbocycles. The molecule has 20 heavy (non-hydrogen) atoms. The van der Waals surface area contributed by atoms with E-state index in [0.717, 1.165) is 37.7 Å². The van der Waals surface area contributed by atoms with E-state index >= 15 is 0 Å². The van der Waals surface area contributed by atoms with Gasteiger partial charge in [-0.25, -0.2) is 4.98 Å². The number of nitrogens with two attached hydrogens (primary N) is 1. The van der Waals surface area contributed by atoms with Crippen molar-refractivity contribution in [1.29, 1.82) is 0 Å². The maximum Gasteiger partial charge on any atom is 0.131 e. The van der Waals surface area contributed by atoms with Crippen LogP contribution in [0.1, 0.15) is 52.5 Å². The summed E-state index contributed by atoms with van der Waals surface area (Å²) < 4.78 is 0. The standard InChI is InChI=1S/C17H31N3/c1-5-14(6-2)13-20(8-4)17-15(10-9-11-19-17)12-16(18)7-3/h9-11,14,16H,5-8,12-13,18H2,1-4H3. The SMILES string of the molecule is CCC(N)Cc1cccnc1N(CC)CC(CC)CC. The van der Waals surface area contributed by atoms with E-state index in [4.69, 9.17) is 5.73 Å². The van der Waals surface area contributed by atoms with Gasteiger partial charge < -0.3 is 10.6 Å². The molecule has 0 fully saturated rings. The molecule has 1 atom stereocenters. The van der Waals surface area contributed by atoms with E-state index in [1.807, 2.05) is 12.3 Å². The van der Waals surface area contributed by atoms with E-state index in [1.165, 1.54) is 18.4 Å². The molecule has 1 unspecified atom stereocenters. The number of aromatic nitrogens is 1. The van der Waals surface area contributed by atoms with Crippen LogP contribution in [0.2, 0.25) is 0 Å². The molecule has 0 amide bonds. The Morgan fingerprint density at radius 2 is 1.85 bits per heavy atom. The van der Waals surface area contributed by atoms with Crippen LogP contribution in [0.5, 0.6) is 0 Å². The number of hydrogen-bond acceptors (Lipinski definition) is 3. The molecule has 0 aliphatic rings. The van der Waals surface area contributed by atoms with Gasteiger partial charge in [0, 0.05) is 25.3 Å². The van der Waals surface area contributed by atoms with E-state index < -0.39 is 0 Å². The molecule has 1 heterocycles. The van der Waals surface area contributed by atoms with Crippen molar-refractivity contribution >= 4 is 5.82 Å². The zero-order valence-corrected chi connectivity index (χ0v) is 13.6. The number of rotatable bonds is 9. The minimum Gasteiger partial charge on any atom is -0.356 e. The van der Waals surface area contributed by atoms with Gasteiger partial charge in [0.15, 0.2) is 0 Å². The first-order valence-electron chi connectivity index (χ1n) is 8.10. The van der Waals surface area contributed by atoms with E-state index in [0.29, 0.717) is 0 Å². The van der Waals surface area contributed by atoms with Crippen LogP contribution in [-0.4, -0.2) is 24.1 Å². The quantitative estimate of drug-likeness (QED) is 0.749. The second kappa shape index (κ2) is 8.96. The summed E-state index contributed by atoms with van der Waals surface area (Å²) in [6.45, 7) is 11.0. The Balaban J connectivity index is 2.90. The predicted octanol–water partition coefficient (Wildman–Crippen LogP) is 3.62. The predicted molar refractivity (Wildman–Crippen MR) is 88.2 cm³/mol. The van der Waals surface area contributed by atoms with Crippen LogP contribution < -0.4 is 10.6 Å². The second-order valence-corrected chi connectivity index (χ2v) is 5.58. The summed E-state index contributed by atoms with van der Waals surface area (Å²) in [6, 6.07) is 4.42. The number of anilines is 1. The molecular weight excluding hydrogens is 246 g/mol. The van der Waals surface area contributed by atoms with Gasteiger partial charge in [0.25, 0.3) is 0 Å². The van der Waals surface area contributed by atoms with Crippen molar-refractivity contribution in [2.24, 2.45) is 11.7 Å². The first-order chi connectivity index (χ1) is 9.65. The highest BCUT2D eigenvalue weighted by molar-refractivity contribution is 5.47. The Morgan fingerprint density at radius 1 is 1.15 bits per heavy atom. The largest absolute Gasteiger partial charge is 0.356 e. The van der Waals surface area contributed by atoms with Crippen LogP contribution in [0.4, 0.5) is 5.82 Å². The highest BCUT2D eigenvalue weighted by Gasteiger charge is 2.16. The van der Waals surface area contributed by atoms with Crippen LogP contribution in [-0.2, 0) is 6.42 Å². The lowest BCUT2D eigenvalue weighted by Gasteiger charge is -2.28. The summed E-state index contributed by atoms with van der Waals surface area (Å²) in [7, 11) is 0. The molecule has 1 aromatic heterocycles. The Hall–Kier alpha value is -1.09. The molecule has 2 N–H and O–H groups in total. The van der Waals surface area contributed by atoms with Gasteiger partial charge in [-0.2, -0.15) is 0 Å². The molecule has 0 saturated carbocycles. The highest BCUT2D eigenvalue weighted by Crippen LogP contribution is 2.21. The molecule has 114 valence electrons. The minimum absolute atomic E-state index is 0.227. The average Bonchev–Trinajstić information content (AvgIpc) is 2.49. The van der Waals surface area contributed by atoms with E-state index in [2.05, 4.69) is 43.6 Å². The third-order valence-corrected chi connectivity index (χ3v) is 4.19. The average molecular weight is 277 g/mol. The molecule has 1 rings (SSSR count). The lowest BCUT2D eigenvalue weighted by Crippen LogP contribution is -2.31. The van der Waals surface area contributed by atoms with Crippen molar-refractivity contribution in [1.82, 2.24) is 4.98 Å². The first kappa shape index (κ1) is 17.0. The Kier molecular flexibility index (Phi) is 7.60. The van der Waals surface area contributed by atoms with Crippen molar-refractivity contribution < 1.29 is 0 Å². The van der Waals surface area contributed by atoms with E-state index in [1.54, 1.807) is 0 Å². The van der Waals surface area contributed by atoms with Crippen molar-refractivity contribution in [3.05, 3.63) is 23.9 Å². The highest BCUT2D eigenvalue weighted by atomic mass is 15.2. The fourth-order valence-electron chi connectivity index (χ4n) is 2.53. The normalized spacial score (nSPS) is 12.7. The Bertz CT molecular complexity index is 374. The monoisotopic (exact) mass is 277 g/mol. The second-order valence-electron chi connectivity index (χ2n) is 5.58. The molecule has 0 bridgehead atoms. The van der Waals surface area contributed by atoms with E-state index in [9.17, 15) is 0 Å². The zero-order chi connectivity index (χ0) is 15.0. The molecule has 0 saturated heterocycles. The fraction of sp³-hybridized carbons (Fsp3) is 0.706. The van der Waals surface area contributed by atoms with Crippen LogP contribution in [0.15, 0.2) is 18.3 Å². The van der Waals surface area contributed by atoms with Gasteiger partial charge in [-0.15, -0.1) is 0 Å². The molecule has 0 radical (unpaired) electrons. The molecule has 3 nitrogen and oxygen atoms in total. The van der Waals surface area contributed by atoms with Crippen molar-refractivity contribution in [3.8, 4) is 0 Å². The third kappa shape index (κ3) is 4.78. The topological polar surface area (TPSA) is 42.1 Å². The number of pyridine rings is 1. The van der Waals surface area contributed by atoms with Gasteiger partial charge in [-0.3, -0.25) is 0 Å². The van der Waals surface area contributed by atoms with Crippen molar-refractivity contribution in [3.63, 3.8) is 0 Å². The summed E-state index contributed by atoms with van der Waals surface area (Å²) in [5.41, 5.74) is 7.41. The van der Waals surface area contributed by atoms with Gasteiger partial charge in [0.05, 0.1) is 0 Å². The maximum absolute atomic E-state index is 6.12. The number of nitrogens with zero attached hydrogens (tertiary/aromatic N) is 2. The summed E-state index contributed by atoms with van der Waals surface area (Å²) >= 11 is 0. The summed E-state index contributed by atoms with van der Waals surface area (Å²) in [4.78, 5) is 7.04. The summed E-state index contributed by atoms with van der Waals surface area (Å²) in [6.07, 6.45) is 6.27. The van der Waals surface area contributed by atoms with Gasteiger partial charge in [-0.05, 0) is 37.3 Å². The minimum atomic E-state index is 0.227. The number of hydrogen-bond donors (Lipinski definition) is 1. The molecule has 0 aromatic carbocycles. The van der Waals surface area contributed by atoms with Crippen molar-refractivity contribution in [2.45, 2.75) is 59.4 Å². The zero-order valence-electron chi connectivity index (χ0n) is 13.6. The lowest BCUT2D eigenvalue weighted by molar-refractivity contribution is 0.483. The van der Waals surface area contributed by atoms with Gasteiger partial charge in [0.2, 0.25) is 0 Å². The molecule has 0 aliphatic heterocycles. The summed E-state index contributed by atoms with van der Waals surface area (Å²) in [5, 5.41) is 0. The van der Waals surface area contributed by atoms with E-state index in [-0.39, 0.29) is 6.04 Å². The Morgan fingerprint density at radius 3 is 2.40 bits per heavy atom. The van der Waals surface area contributed by atoms with Gasteiger partial charge in [-0.1, -0.05) is 39.7 Å². The molecule has 3 heteroatoms. The van der Waals surface area contributed by atoms with Crippen molar-refractivity contribution in [2.75, 3.05) is 18.0 Å². The van der Waals surface area contributed by atoms with Gasteiger partial charge in [0.1, 0.15) is 5.82 Å². The molecular formula is C17H31N3. The lowest BCUT2D eigenvalue weighted by atomic mass is 10.0. The smallest absolute Gasteiger partial charge is 0.131 e. The van der Waals surface area contributed by atoms with Crippen LogP contribution >= 0.6 is 0 Å². The summed E-state index contributed by atoms with van der Waals surface area (Å²) in [5.74, 6) is 1.87. The first-order valence-corrected chi connectivity index (χ1v) is 8.10. The fourth-order valence-corrected chi connectivity index (χ4v) is 2.53. The third-order valence-electron chi connectivity index (χ3n) is 4.19. The maximum atomic E-state index is 6.12. The van der Waals surface area contributed by atoms with Crippen LogP contribution in [0.25, 0.3) is 0 Å². The molecule has 0 spiro atoms. The van der Waals surface area contributed by atoms with Gasteiger partial charge >= 0.3 is 0 Å². The van der Waals surface area contributed by atoms with Crippen LogP contribution in [0, 0.1) is 5.92 Å². The van der Waals surface area contributed by atoms with Crippen LogP contribution in [0.3, 0.4) is 0 Å². The molecule has 1 aromatic rings.